The Kier molecular flexibility index (Phi) is 8.24. The highest BCUT2D eigenvalue weighted by Crippen LogP contribution is 2.60. The molecule has 0 radical (unpaired) electrons. The van der Waals surface area contributed by atoms with Crippen LogP contribution in [0.5, 0.6) is 0 Å². The number of carbonyl (C=O) groups excluding carboxylic acids is 1. The summed E-state index contributed by atoms with van der Waals surface area (Å²) in [5.41, 5.74) is 0.346. The van der Waals surface area contributed by atoms with Crippen LogP contribution in [-0.4, -0.2) is 98.2 Å². The Hall–Kier alpha value is -0.610. The Morgan fingerprint density at radius 2 is 1.66 bits per heavy atom. The van der Waals surface area contributed by atoms with Crippen LogP contribution in [0.15, 0.2) is 4.99 Å². The Morgan fingerprint density at radius 3 is 2.31 bits per heavy atom. The van der Waals surface area contributed by atoms with Crippen LogP contribution in [-0.2, 0) is 9.53 Å². The van der Waals surface area contributed by atoms with Gasteiger partial charge in [-0.2, -0.15) is 0 Å². The number of aliphatic imine (C=N–C) groups is 1. The molecule has 0 aromatic carbocycles. The fourth-order valence-electron chi connectivity index (χ4n) is 7.07. The van der Waals surface area contributed by atoms with Crippen molar-refractivity contribution in [1.82, 2.24) is 20.0 Å². The summed E-state index contributed by atoms with van der Waals surface area (Å²) in [6.45, 7) is 7.16. The van der Waals surface area contributed by atoms with E-state index in [1.807, 2.05) is 7.05 Å². The average Bonchev–Trinajstić information content (AvgIpc) is 3.38. The lowest BCUT2D eigenvalue weighted by molar-refractivity contribution is -0.132. The van der Waals surface area contributed by atoms with Crippen LogP contribution in [0.4, 0.5) is 0 Å². The second-order valence-electron chi connectivity index (χ2n) is 10.4. The van der Waals surface area contributed by atoms with Gasteiger partial charge >= 0.3 is 0 Å². The summed E-state index contributed by atoms with van der Waals surface area (Å²) in [5.74, 6) is 2.03. The number of hydrogen-bond acceptors (Lipinski definition) is 4. The number of amides is 1. The number of hydrogen-bond donors (Lipinski definition) is 1. The van der Waals surface area contributed by atoms with Crippen molar-refractivity contribution < 1.29 is 9.53 Å². The summed E-state index contributed by atoms with van der Waals surface area (Å²) in [7, 11) is 1.92. The second kappa shape index (κ2) is 10.8. The van der Waals surface area contributed by atoms with Gasteiger partial charge in [0.2, 0.25) is 5.91 Å². The first-order valence-electron chi connectivity index (χ1n) is 12.8. The number of fused-ring (bicyclic) bond motifs is 2. The molecule has 3 aliphatic heterocycles. The van der Waals surface area contributed by atoms with Crippen LogP contribution < -0.4 is 5.32 Å². The van der Waals surface area contributed by atoms with Crippen molar-refractivity contribution in [3.05, 3.63) is 0 Å². The first-order valence-corrected chi connectivity index (χ1v) is 12.8. The SMILES string of the molecule is CN=C(NC1C2CCOC2C12CCCC2)N1CCN(CC(=O)N2CCCCCC2)CC1.I. The largest absolute Gasteiger partial charge is 0.377 e. The summed E-state index contributed by atoms with van der Waals surface area (Å²) in [5, 5.41) is 3.89. The molecule has 0 aromatic rings. The molecule has 8 heteroatoms. The van der Waals surface area contributed by atoms with Crippen molar-refractivity contribution in [3.63, 3.8) is 0 Å². The number of nitrogens with one attached hydrogen (secondary N) is 1. The summed E-state index contributed by atoms with van der Waals surface area (Å²) in [4.78, 5) is 24.3. The quantitative estimate of drug-likeness (QED) is 0.327. The van der Waals surface area contributed by atoms with E-state index in [-0.39, 0.29) is 24.0 Å². The van der Waals surface area contributed by atoms with Crippen LogP contribution in [0.3, 0.4) is 0 Å². The van der Waals surface area contributed by atoms with Crippen molar-refractivity contribution >= 4 is 35.8 Å². The highest BCUT2D eigenvalue weighted by molar-refractivity contribution is 14.0. The molecule has 0 aromatic heterocycles. The van der Waals surface area contributed by atoms with Gasteiger partial charge in [0.15, 0.2) is 5.96 Å². The van der Waals surface area contributed by atoms with Gasteiger partial charge in [0.25, 0.3) is 0 Å². The molecular formula is C24H42IN5O2. The van der Waals surface area contributed by atoms with Gasteiger partial charge in [0.05, 0.1) is 12.6 Å². The van der Waals surface area contributed by atoms with Crippen molar-refractivity contribution in [2.45, 2.75) is 69.9 Å². The van der Waals surface area contributed by atoms with Crippen LogP contribution in [0.1, 0.15) is 57.8 Å². The summed E-state index contributed by atoms with van der Waals surface area (Å²) >= 11 is 0. The number of halogens is 1. The number of rotatable bonds is 3. The van der Waals surface area contributed by atoms with Crippen molar-refractivity contribution in [2.75, 3.05) is 59.5 Å². The van der Waals surface area contributed by atoms with Crippen LogP contribution >= 0.6 is 24.0 Å². The van der Waals surface area contributed by atoms with E-state index in [0.29, 0.717) is 35.9 Å². The number of ether oxygens (including phenoxy) is 1. The highest BCUT2D eigenvalue weighted by Gasteiger charge is 2.65. The maximum Gasteiger partial charge on any atom is 0.236 e. The van der Waals surface area contributed by atoms with Gasteiger partial charge in [-0.3, -0.25) is 14.7 Å². The lowest BCUT2D eigenvalue weighted by Gasteiger charge is -2.57. The van der Waals surface area contributed by atoms with Crippen molar-refractivity contribution in [3.8, 4) is 0 Å². The van der Waals surface area contributed by atoms with E-state index in [0.717, 1.165) is 64.7 Å². The predicted molar refractivity (Wildman–Crippen MR) is 138 cm³/mol. The lowest BCUT2D eigenvalue weighted by Crippen LogP contribution is -2.70. The number of piperazine rings is 1. The zero-order chi connectivity index (χ0) is 21.3. The third-order valence-electron chi connectivity index (χ3n) is 8.77. The number of nitrogens with zero attached hydrogens (tertiary/aromatic N) is 4. The Morgan fingerprint density at radius 1 is 0.969 bits per heavy atom. The Bertz CT molecular complexity index is 667. The highest BCUT2D eigenvalue weighted by atomic mass is 127. The lowest BCUT2D eigenvalue weighted by atomic mass is 9.54. The molecule has 2 aliphatic carbocycles. The topological polar surface area (TPSA) is 60.4 Å². The molecule has 1 spiro atoms. The molecule has 5 aliphatic rings. The molecule has 3 atom stereocenters. The number of carbonyl (C=O) groups is 1. The van der Waals surface area contributed by atoms with Crippen LogP contribution in [0.25, 0.3) is 0 Å². The van der Waals surface area contributed by atoms with E-state index in [9.17, 15) is 4.79 Å². The van der Waals surface area contributed by atoms with E-state index in [1.54, 1.807) is 0 Å². The van der Waals surface area contributed by atoms with Gasteiger partial charge in [0.1, 0.15) is 0 Å². The first kappa shape index (κ1) is 24.5. The molecule has 1 N–H and O–H groups in total. The van der Waals surface area contributed by atoms with Gasteiger partial charge in [-0.15, -0.1) is 24.0 Å². The zero-order valence-electron chi connectivity index (χ0n) is 19.8. The van der Waals surface area contributed by atoms with Gasteiger partial charge in [-0.25, -0.2) is 0 Å². The molecule has 7 nitrogen and oxygen atoms in total. The monoisotopic (exact) mass is 559 g/mol. The fraction of sp³-hybridized carbons (Fsp3) is 0.917. The zero-order valence-corrected chi connectivity index (χ0v) is 22.1. The minimum Gasteiger partial charge on any atom is -0.377 e. The van der Waals surface area contributed by atoms with Crippen LogP contribution in [0.2, 0.25) is 0 Å². The van der Waals surface area contributed by atoms with Gasteiger partial charge in [-0.1, -0.05) is 25.7 Å². The Balaban J connectivity index is 0.00000245. The summed E-state index contributed by atoms with van der Waals surface area (Å²) in [6, 6.07) is 0.517. The average molecular weight is 560 g/mol. The van der Waals surface area contributed by atoms with Crippen LogP contribution in [0, 0.1) is 11.3 Å². The molecule has 1 amide bonds. The minimum absolute atomic E-state index is 0. The maximum absolute atomic E-state index is 12.8. The molecule has 0 bridgehead atoms. The molecule has 2 saturated carbocycles. The van der Waals surface area contributed by atoms with Crippen molar-refractivity contribution in [1.29, 1.82) is 0 Å². The number of likely N-dealkylation sites (tertiary alicyclic amines) is 1. The van der Waals surface area contributed by atoms with E-state index >= 15 is 0 Å². The van der Waals surface area contributed by atoms with E-state index in [4.69, 9.17) is 4.74 Å². The molecule has 32 heavy (non-hydrogen) atoms. The molecule has 182 valence electrons. The second-order valence-corrected chi connectivity index (χ2v) is 10.4. The molecule has 3 unspecified atom stereocenters. The third-order valence-corrected chi connectivity index (χ3v) is 8.77. The predicted octanol–water partition coefficient (Wildman–Crippen LogP) is 2.55. The van der Waals surface area contributed by atoms with Gasteiger partial charge < -0.3 is 19.9 Å². The molecular weight excluding hydrogens is 517 g/mol. The van der Waals surface area contributed by atoms with Gasteiger partial charge in [-0.05, 0) is 32.1 Å². The van der Waals surface area contributed by atoms with E-state index in [1.165, 1.54) is 44.9 Å². The molecule has 3 heterocycles. The smallest absolute Gasteiger partial charge is 0.236 e. The third kappa shape index (κ3) is 4.65. The van der Waals surface area contributed by atoms with E-state index < -0.39 is 0 Å². The summed E-state index contributed by atoms with van der Waals surface area (Å²) in [6.07, 6.45) is 11.8. The molecule has 3 saturated heterocycles. The minimum atomic E-state index is 0. The number of guanidine groups is 1. The fourth-order valence-corrected chi connectivity index (χ4v) is 7.07. The summed E-state index contributed by atoms with van der Waals surface area (Å²) < 4.78 is 6.15. The van der Waals surface area contributed by atoms with Crippen molar-refractivity contribution in [2.24, 2.45) is 16.3 Å². The maximum atomic E-state index is 12.8. The first-order chi connectivity index (χ1) is 15.2. The van der Waals surface area contributed by atoms with E-state index in [2.05, 4.69) is 25.0 Å². The molecule has 5 rings (SSSR count). The standard InChI is InChI=1S/C24H41N5O2.HI/c1-25-23(26-21-19-8-17-31-22(19)24(21)9-4-5-10-24)29-15-13-27(14-16-29)18-20(30)28-11-6-2-3-7-12-28;/h19,21-22H,2-18H2,1H3,(H,25,26);1H. The Labute approximate surface area is 210 Å². The van der Waals surface area contributed by atoms with Gasteiger partial charge in [0, 0.05) is 70.3 Å². The normalized spacial score (nSPS) is 32.8. The molecule has 5 fully saturated rings.